The Morgan fingerprint density at radius 2 is 1.49 bits per heavy atom. The average molecular weight is 967 g/mol. The van der Waals surface area contributed by atoms with Gasteiger partial charge < -0.3 is 48.5 Å². The number of rotatable bonds is 18. The molecule has 3 rings (SSSR count). The Morgan fingerprint density at radius 3 is 2.10 bits per heavy atom. The lowest BCUT2D eigenvalue weighted by atomic mass is 9.86. The molecule has 2 heterocycles. The first-order valence-corrected chi connectivity index (χ1v) is 23.7. The van der Waals surface area contributed by atoms with Gasteiger partial charge in [-0.2, -0.15) is 0 Å². The van der Waals surface area contributed by atoms with E-state index in [0.717, 1.165) is 0 Å². The Balaban J connectivity index is 2.06. The number of carbonyl (C=O) groups is 12. The van der Waals surface area contributed by atoms with Crippen LogP contribution in [0.1, 0.15) is 117 Å². The number of primary amides is 3. The van der Waals surface area contributed by atoms with Crippen molar-refractivity contribution in [1.82, 2.24) is 26.2 Å². The summed E-state index contributed by atoms with van der Waals surface area (Å²) < 4.78 is 0. The van der Waals surface area contributed by atoms with Gasteiger partial charge in [0.05, 0.1) is 37.6 Å². The highest BCUT2D eigenvalue weighted by Gasteiger charge is 2.41. The maximum absolute atomic E-state index is 14.6. The Kier molecular flexibility index (Phi) is 22.6. The molecule has 8 amide bonds. The number of phenols is 1. The molecule has 0 radical (unpaired) electrons. The third-order valence-corrected chi connectivity index (χ3v) is 12.7. The number of amides is 8. The van der Waals surface area contributed by atoms with Crippen LogP contribution >= 0.6 is 0 Å². The highest BCUT2D eigenvalue weighted by molar-refractivity contribution is 5.99. The van der Waals surface area contributed by atoms with Gasteiger partial charge in [0.1, 0.15) is 5.75 Å². The first-order valence-electron chi connectivity index (χ1n) is 23.7. The second-order valence-electron chi connectivity index (χ2n) is 18.8. The number of likely N-dealkylation sites (tertiary alicyclic amines) is 1. The lowest BCUT2D eigenvalue weighted by molar-refractivity contribution is -0.144. The quantitative estimate of drug-likeness (QED) is 0.0958. The van der Waals surface area contributed by atoms with Crippen molar-refractivity contribution in [2.24, 2.45) is 52.7 Å². The van der Waals surface area contributed by atoms with Gasteiger partial charge in [-0.3, -0.25) is 57.5 Å². The van der Waals surface area contributed by atoms with E-state index in [1.807, 2.05) is 13.8 Å². The van der Waals surface area contributed by atoms with Crippen LogP contribution in [0.2, 0.25) is 0 Å². The largest absolute Gasteiger partial charge is 0.508 e. The number of carbonyl (C=O) groups excluding carboxylic acids is 12. The third-order valence-electron chi connectivity index (χ3n) is 12.7. The topological polar surface area (TPSA) is 354 Å². The summed E-state index contributed by atoms with van der Waals surface area (Å²) in [6, 6.07) is 2.09. The van der Waals surface area contributed by atoms with Crippen molar-refractivity contribution in [2.45, 2.75) is 136 Å². The first-order chi connectivity index (χ1) is 32.5. The van der Waals surface area contributed by atoms with Crippen molar-refractivity contribution in [1.29, 1.82) is 0 Å². The molecule has 2 fully saturated rings. The number of ketones is 4. The SMILES string of the molecule is CC[C@H](C)[C@@H]1NC(=O)[C@H](Cc2ccc(O)cc2)CC(=O)CNC(=O)CC[C@@H](C(=O)N2CCC[C@H]2C(=O)C[C@H](CC(C)C)C(=O)NCC(N)=O)CC(=O)[C@H](CC(N)=O)NC(=O)[C@H](CCC(N)=O)CC1=O. The van der Waals surface area contributed by atoms with Gasteiger partial charge in [0.2, 0.25) is 47.3 Å². The van der Waals surface area contributed by atoms with Gasteiger partial charge in [-0.25, -0.2) is 0 Å². The van der Waals surface area contributed by atoms with E-state index in [-0.39, 0.29) is 69.6 Å². The first kappa shape index (κ1) is 56.8. The number of hydrogen-bond acceptors (Lipinski definition) is 13. The van der Waals surface area contributed by atoms with Crippen LogP contribution in [0.5, 0.6) is 5.75 Å². The molecule has 0 aliphatic carbocycles. The summed E-state index contributed by atoms with van der Waals surface area (Å²) in [4.78, 5) is 162. The molecule has 1 aromatic rings. The molecule has 8 atom stereocenters. The fraction of sp³-hybridized carbons (Fsp3) is 0.625. The van der Waals surface area contributed by atoms with Crippen LogP contribution in [-0.2, 0) is 64.0 Å². The van der Waals surface area contributed by atoms with E-state index in [2.05, 4.69) is 21.3 Å². The monoisotopic (exact) mass is 967 g/mol. The summed E-state index contributed by atoms with van der Waals surface area (Å²) >= 11 is 0. The van der Waals surface area contributed by atoms with Crippen molar-refractivity contribution < 1.29 is 62.6 Å². The van der Waals surface area contributed by atoms with E-state index >= 15 is 0 Å². The summed E-state index contributed by atoms with van der Waals surface area (Å²) in [5.74, 6) is -13.7. The Morgan fingerprint density at radius 1 is 0.826 bits per heavy atom. The van der Waals surface area contributed by atoms with Gasteiger partial charge in [0, 0.05) is 68.7 Å². The van der Waals surface area contributed by atoms with Crippen molar-refractivity contribution in [3.63, 3.8) is 0 Å². The molecule has 2 saturated heterocycles. The minimum atomic E-state index is -1.65. The predicted octanol–water partition coefficient (Wildman–Crippen LogP) is -0.0585. The van der Waals surface area contributed by atoms with Crippen LogP contribution in [0.15, 0.2) is 24.3 Å². The molecular formula is C48H70N8O13. The van der Waals surface area contributed by atoms with Crippen LogP contribution in [0.3, 0.4) is 0 Å². The predicted molar refractivity (Wildman–Crippen MR) is 248 cm³/mol. The number of nitrogens with two attached hydrogens (primary N) is 3. The van der Waals surface area contributed by atoms with Crippen molar-refractivity contribution in [3.8, 4) is 5.75 Å². The van der Waals surface area contributed by atoms with E-state index in [4.69, 9.17) is 17.2 Å². The van der Waals surface area contributed by atoms with Gasteiger partial charge in [0.25, 0.3) is 0 Å². The van der Waals surface area contributed by atoms with Crippen LogP contribution in [0, 0.1) is 35.5 Å². The van der Waals surface area contributed by atoms with E-state index in [0.29, 0.717) is 18.4 Å². The molecule has 21 nitrogen and oxygen atoms in total. The summed E-state index contributed by atoms with van der Waals surface area (Å²) in [6.07, 6.45) is -2.67. The zero-order valence-corrected chi connectivity index (χ0v) is 40.1. The second-order valence-corrected chi connectivity index (χ2v) is 18.8. The zero-order chi connectivity index (χ0) is 51.5. The molecule has 69 heavy (non-hydrogen) atoms. The molecule has 2 aliphatic rings. The molecular weight excluding hydrogens is 897 g/mol. The van der Waals surface area contributed by atoms with Gasteiger partial charge in [-0.05, 0) is 68.1 Å². The van der Waals surface area contributed by atoms with Gasteiger partial charge in [-0.15, -0.1) is 0 Å². The summed E-state index contributed by atoms with van der Waals surface area (Å²) in [6.45, 7) is 6.30. The highest BCUT2D eigenvalue weighted by Crippen LogP contribution is 2.29. The zero-order valence-electron chi connectivity index (χ0n) is 40.1. The average Bonchev–Trinajstić information content (AvgIpc) is 3.78. The second kappa shape index (κ2) is 27.5. The number of nitrogens with one attached hydrogen (secondary N) is 4. The van der Waals surface area contributed by atoms with Crippen molar-refractivity contribution in [3.05, 3.63) is 29.8 Å². The summed E-state index contributed by atoms with van der Waals surface area (Å²) in [7, 11) is 0. The molecule has 0 unspecified atom stereocenters. The van der Waals surface area contributed by atoms with E-state index in [1.54, 1.807) is 26.0 Å². The lowest BCUT2D eigenvalue weighted by Crippen LogP contribution is -2.51. The molecule has 21 heteroatoms. The third kappa shape index (κ3) is 18.8. The smallest absolute Gasteiger partial charge is 0.236 e. The minimum absolute atomic E-state index is 0.00317. The molecule has 2 aliphatic heterocycles. The Hall–Kier alpha value is -6.54. The van der Waals surface area contributed by atoms with Crippen LogP contribution in [0.25, 0.3) is 0 Å². The van der Waals surface area contributed by atoms with E-state index in [9.17, 15) is 62.6 Å². The van der Waals surface area contributed by atoms with Gasteiger partial charge >= 0.3 is 0 Å². The maximum atomic E-state index is 14.6. The van der Waals surface area contributed by atoms with Crippen molar-refractivity contribution in [2.75, 3.05) is 19.6 Å². The number of phenolic OH excluding ortho intramolecular Hbond substituents is 1. The molecule has 11 N–H and O–H groups in total. The van der Waals surface area contributed by atoms with Crippen LogP contribution < -0.4 is 38.5 Å². The van der Waals surface area contributed by atoms with Crippen molar-refractivity contribution >= 4 is 70.4 Å². The fourth-order valence-corrected chi connectivity index (χ4v) is 8.75. The summed E-state index contributed by atoms with van der Waals surface area (Å²) in [5.41, 5.74) is 16.8. The molecule has 380 valence electrons. The lowest BCUT2D eigenvalue weighted by Gasteiger charge is -2.30. The van der Waals surface area contributed by atoms with Crippen LogP contribution in [0.4, 0.5) is 0 Å². The van der Waals surface area contributed by atoms with Gasteiger partial charge in [-0.1, -0.05) is 46.2 Å². The number of benzene rings is 1. The fourth-order valence-electron chi connectivity index (χ4n) is 8.75. The number of nitrogens with zero attached hydrogens (tertiary/aromatic N) is 1. The molecule has 0 spiro atoms. The molecule has 0 aromatic heterocycles. The number of hydrogen-bond donors (Lipinski definition) is 8. The Bertz CT molecular complexity index is 2080. The number of aromatic hydroxyl groups is 1. The standard InChI is InChI=1S/C48H70N8O13/c1-5-27(4)44-39(61)20-29(10-14-40(49)62)46(67)54-35(23-41(50)63)37(59)21-30(11-15-43(65)52-24-34(58)19-32(47(68)55-44)18-28-8-12-33(57)13-9-28)48(69)56-16-6-7-36(56)38(60)22-31(17-26(2)3)45(66)53-25-42(51)64/h8-9,12-13,26-27,29-32,35-36,44,57H,5-7,10-11,14-25H2,1-4H3,(H2,49,62)(H2,50,63)(H2,51,64)(H,52,65)(H,53,66)(H,54,67)(H,55,68)/t27-,29+,30+,31-,32+,35-,36-,44-/m0/s1. The molecule has 0 bridgehead atoms. The molecule has 1 aromatic carbocycles. The van der Waals surface area contributed by atoms with E-state index in [1.165, 1.54) is 17.0 Å². The normalized spacial score (nSPS) is 23.5. The van der Waals surface area contributed by atoms with Gasteiger partial charge in [0.15, 0.2) is 23.1 Å². The molecule has 0 saturated carbocycles. The number of Topliss-reactive ketones (excluding diaryl/α,β-unsaturated/α-hetero) is 4. The highest BCUT2D eigenvalue weighted by atomic mass is 16.3. The maximum Gasteiger partial charge on any atom is 0.236 e. The summed E-state index contributed by atoms with van der Waals surface area (Å²) in [5, 5.41) is 20.1. The van der Waals surface area contributed by atoms with Crippen LogP contribution in [-0.4, -0.2) is 118 Å². The Labute approximate surface area is 401 Å². The minimum Gasteiger partial charge on any atom is -0.508 e. The van der Waals surface area contributed by atoms with E-state index < -0.39 is 157 Å².